The van der Waals surface area contributed by atoms with Gasteiger partial charge < -0.3 is 5.11 Å². The number of carboxylic acids is 1. The lowest BCUT2D eigenvalue weighted by Crippen LogP contribution is -1.97. The van der Waals surface area contributed by atoms with Crippen LogP contribution in [0.4, 0.5) is 0 Å². The lowest BCUT2D eigenvalue weighted by Gasteiger charge is -2.08. The van der Waals surface area contributed by atoms with E-state index in [9.17, 15) is 4.79 Å². The molecule has 0 rings (SSSR count). The Kier molecular flexibility index (Phi) is 14.0. The van der Waals surface area contributed by atoms with Gasteiger partial charge in [-0.2, -0.15) is 0 Å². The molecule has 0 bridgehead atoms. The van der Waals surface area contributed by atoms with E-state index in [0.717, 1.165) is 25.2 Å². The summed E-state index contributed by atoms with van der Waals surface area (Å²) in [6.07, 6.45) is 18.5. The molecular formula is C18H34O2. The summed E-state index contributed by atoms with van der Waals surface area (Å²) in [4.78, 5) is 10.4. The van der Waals surface area contributed by atoms with Crippen molar-refractivity contribution in [3.63, 3.8) is 0 Å². The highest BCUT2D eigenvalue weighted by Crippen LogP contribution is 2.15. The fourth-order valence-corrected chi connectivity index (χ4v) is 2.40. The lowest BCUT2D eigenvalue weighted by atomic mass is 9.98. The molecule has 0 amide bonds. The number of unbranched alkanes of at least 4 members (excludes halogenated alkanes) is 6. The van der Waals surface area contributed by atoms with Gasteiger partial charge in [-0.3, -0.25) is 4.79 Å². The molecule has 0 aromatic rings. The van der Waals surface area contributed by atoms with Crippen molar-refractivity contribution >= 4 is 5.97 Å². The largest absolute Gasteiger partial charge is 0.481 e. The predicted molar refractivity (Wildman–Crippen MR) is 87.0 cm³/mol. The molecule has 1 N–H and O–H groups in total. The zero-order chi connectivity index (χ0) is 15.1. The van der Waals surface area contributed by atoms with Gasteiger partial charge in [0.1, 0.15) is 0 Å². The smallest absolute Gasteiger partial charge is 0.303 e. The third-order valence-electron chi connectivity index (χ3n) is 3.80. The monoisotopic (exact) mass is 282 g/mol. The Hall–Kier alpha value is -0.790. The molecule has 0 aliphatic heterocycles. The Morgan fingerprint density at radius 2 is 1.65 bits per heavy atom. The zero-order valence-corrected chi connectivity index (χ0v) is 13.6. The molecule has 0 saturated heterocycles. The van der Waals surface area contributed by atoms with Gasteiger partial charge in [-0.25, -0.2) is 0 Å². The summed E-state index contributed by atoms with van der Waals surface area (Å²) in [5, 5.41) is 8.56. The molecule has 0 saturated carbocycles. The molecule has 0 aromatic heterocycles. The normalized spacial score (nSPS) is 12.9. The Balaban J connectivity index is 3.29. The Bertz CT molecular complexity index is 246. The molecule has 118 valence electrons. The van der Waals surface area contributed by atoms with Crippen molar-refractivity contribution in [2.24, 2.45) is 5.92 Å². The van der Waals surface area contributed by atoms with Crippen LogP contribution in [0.1, 0.15) is 90.9 Å². The molecule has 0 fully saturated rings. The number of aliphatic carboxylic acids is 1. The zero-order valence-electron chi connectivity index (χ0n) is 13.6. The highest BCUT2D eigenvalue weighted by atomic mass is 16.4. The fraction of sp³-hybridized carbons (Fsp3) is 0.833. The summed E-state index contributed by atoms with van der Waals surface area (Å²) in [5.74, 6) is 0.0533. The topological polar surface area (TPSA) is 37.3 Å². The molecule has 1 atom stereocenters. The molecule has 20 heavy (non-hydrogen) atoms. The van der Waals surface area contributed by atoms with E-state index in [4.69, 9.17) is 5.11 Å². The molecule has 0 aliphatic carbocycles. The van der Waals surface area contributed by atoms with Crippen LogP contribution in [0.15, 0.2) is 12.2 Å². The van der Waals surface area contributed by atoms with Crippen LogP contribution in [0.2, 0.25) is 0 Å². The number of hydrogen-bond acceptors (Lipinski definition) is 1. The van der Waals surface area contributed by atoms with E-state index < -0.39 is 5.97 Å². The second kappa shape index (κ2) is 14.6. The summed E-state index contributed by atoms with van der Waals surface area (Å²) in [6, 6.07) is 0. The van der Waals surface area contributed by atoms with Crippen LogP contribution in [0, 0.1) is 5.92 Å². The minimum Gasteiger partial charge on any atom is -0.481 e. The van der Waals surface area contributed by atoms with Gasteiger partial charge in [0, 0.05) is 6.42 Å². The van der Waals surface area contributed by atoms with Gasteiger partial charge in [-0.1, -0.05) is 64.5 Å². The standard InChI is InChI=1S/C18H34O2/c1-3-4-5-6-7-8-9-10-11-14-17(2)15-12-13-16-18(19)20/h9-10,17H,3-8,11-16H2,1-2H3,(H,19,20)/b10-9-. The number of allylic oxidation sites excluding steroid dienone is 2. The van der Waals surface area contributed by atoms with Crippen LogP contribution in [-0.2, 0) is 4.79 Å². The van der Waals surface area contributed by atoms with Crippen LogP contribution >= 0.6 is 0 Å². The third-order valence-corrected chi connectivity index (χ3v) is 3.80. The molecule has 2 heteroatoms. The molecule has 2 nitrogen and oxygen atoms in total. The van der Waals surface area contributed by atoms with Gasteiger partial charge in [0.15, 0.2) is 0 Å². The van der Waals surface area contributed by atoms with E-state index in [1.54, 1.807) is 0 Å². The van der Waals surface area contributed by atoms with Crippen LogP contribution in [0.25, 0.3) is 0 Å². The van der Waals surface area contributed by atoms with Crippen molar-refractivity contribution in [2.45, 2.75) is 90.9 Å². The highest BCUT2D eigenvalue weighted by molar-refractivity contribution is 5.66. The van der Waals surface area contributed by atoms with Gasteiger partial charge in [0.05, 0.1) is 0 Å². The van der Waals surface area contributed by atoms with Gasteiger partial charge in [0.2, 0.25) is 0 Å². The van der Waals surface area contributed by atoms with E-state index in [1.807, 2.05) is 0 Å². The summed E-state index contributed by atoms with van der Waals surface area (Å²) in [6.45, 7) is 4.53. The third kappa shape index (κ3) is 15.3. The first-order valence-corrected chi connectivity index (χ1v) is 8.53. The first-order chi connectivity index (χ1) is 9.66. The summed E-state index contributed by atoms with van der Waals surface area (Å²) in [5.41, 5.74) is 0. The average Bonchev–Trinajstić information content (AvgIpc) is 2.41. The van der Waals surface area contributed by atoms with Crippen molar-refractivity contribution < 1.29 is 9.90 Å². The van der Waals surface area contributed by atoms with Gasteiger partial charge in [-0.05, 0) is 38.0 Å². The van der Waals surface area contributed by atoms with E-state index in [1.165, 1.54) is 51.4 Å². The molecule has 1 unspecified atom stereocenters. The van der Waals surface area contributed by atoms with Crippen molar-refractivity contribution in [3.8, 4) is 0 Å². The fourth-order valence-electron chi connectivity index (χ4n) is 2.40. The molecular weight excluding hydrogens is 248 g/mol. The van der Waals surface area contributed by atoms with E-state index in [-0.39, 0.29) is 0 Å². The van der Waals surface area contributed by atoms with Crippen molar-refractivity contribution in [3.05, 3.63) is 12.2 Å². The molecule has 0 radical (unpaired) electrons. The first kappa shape index (κ1) is 19.2. The number of carboxylic acid groups (broad SMARTS) is 1. The van der Waals surface area contributed by atoms with E-state index >= 15 is 0 Å². The van der Waals surface area contributed by atoms with Crippen LogP contribution < -0.4 is 0 Å². The highest BCUT2D eigenvalue weighted by Gasteiger charge is 2.02. The molecule has 0 aromatic carbocycles. The maximum absolute atomic E-state index is 10.4. The minimum absolute atomic E-state index is 0.324. The summed E-state index contributed by atoms with van der Waals surface area (Å²) >= 11 is 0. The second-order valence-corrected chi connectivity index (χ2v) is 6.00. The van der Waals surface area contributed by atoms with Crippen molar-refractivity contribution in [2.75, 3.05) is 0 Å². The van der Waals surface area contributed by atoms with Crippen LogP contribution in [0.3, 0.4) is 0 Å². The van der Waals surface area contributed by atoms with Crippen molar-refractivity contribution in [1.82, 2.24) is 0 Å². The quantitative estimate of drug-likeness (QED) is 0.315. The van der Waals surface area contributed by atoms with Gasteiger partial charge >= 0.3 is 5.97 Å². The van der Waals surface area contributed by atoms with E-state index in [0.29, 0.717) is 6.42 Å². The first-order valence-electron chi connectivity index (χ1n) is 8.53. The average molecular weight is 282 g/mol. The maximum Gasteiger partial charge on any atom is 0.303 e. The van der Waals surface area contributed by atoms with Crippen LogP contribution in [-0.4, -0.2) is 11.1 Å². The van der Waals surface area contributed by atoms with Crippen molar-refractivity contribution in [1.29, 1.82) is 0 Å². The lowest BCUT2D eigenvalue weighted by molar-refractivity contribution is -0.137. The van der Waals surface area contributed by atoms with Gasteiger partial charge in [0.25, 0.3) is 0 Å². The van der Waals surface area contributed by atoms with Gasteiger partial charge in [-0.15, -0.1) is 0 Å². The Morgan fingerprint density at radius 1 is 0.950 bits per heavy atom. The Morgan fingerprint density at radius 3 is 2.35 bits per heavy atom. The maximum atomic E-state index is 10.4. The summed E-state index contributed by atoms with van der Waals surface area (Å²) in [7, 11) is 0. The summed E-state index contributed by atoms with van der Waals surface area (Å²) < 4.78 is 0. The number of hydrogen-bond donors (Lipinski definition) is 1. The Labute approximate surface area is 125 Å². The molecule has 0 heterocycles. The minimum atomic E-state index is -0.667. The molecule has 0 aliphatic rings. The van der Waals surface area contributed by atoms with E-state index in [2.05, 4.69) is 26.0 Å². The SMILES string of the molecule is CCCCCCC/C=C\CCC(C)CCCCC(=O)O. The number of carbonyl (C=O) groups is 1. The predicted octanol–water partition coefficient (Wildman–Crippen LogP) is 5.96. The van der Waals surface area contributed by atoms with Crippen LogP contribution in [0.5, 0.6) is 0 Å². The second-order valence-electron chi connectivity index (χ2n) is 6.00. The molecule has 0 spiro atoms. The number of rotatable bonds is 14.